The van der Waals surface area contributed by atoms with Gasteiger partial charge in [0.1, 0.15) is 0 Å². The maximum atomic E-state index is 11.0. The second kappa shape index (κ2) is 12.0. The lowest BCUT2D eigenvalue weighted by Crippen LogP contribution is -2.18. The van der Waals surface area contributed by atoms with Gasteiger partial charge in [0.2, 0.25) is 0 Å². The van der Waals surface area contributed by atoms with Crippen molar-refractivity contribution in [3.63, 3.8) is 0 Å². The van der Waals surface area contributed by atoms with Gasteiger partial charge in [0.15, 0.2) is 0 Å². The maximum absolute atomic E-state index is 11.0. The van der Waals surface area contributed by atoms with Gasteiger partial charge in [-0.1, -0.05) is 70.8 Å². The van der Waals surface area contributed by atoms with Crippen LogP contribution in [0.1, 0.15) is 65.7 Å². The van der Waals surface area contributed by atoms with E-state index in [9.17, 15) is 4.79 Å². The zero-order chi connectivity index (χ0) is 14.5. The van der Waals surface area contributed by atoms with E-state index in [1.54, 1.807) is 0 Å². The Morgan fingerprint density at radius 2 is 1.68 bits per heavy atom. The summed E-state index contributed by atoms with van der Waals surface area (Å²) < 4.78 is 0. The summed E-state index contributed by atoms with van der Waals surface area (Å²) in [6.07, 6.45) is 16.5. The molecule has 0 radical (unpaired) electrons. The Morgan fingerprint density at radius 3 is 2.26 bits per heavy atom. The van der Waals surface area contributed by atoms with Gasteiger partial charge in [-0.15, -0.1) is 0 Å². The first-order chi connectivity index (χ1) is 9.09. The molecule has 0 spiro atoms. The highest BCUT2D eigenvalue weighted by Crippen LogP contribution is 2.15. The predicted octanol–water partition coefficient (Wildman–Crippen LogP) is 5.21. The number of rotatable bonds is 11. The summed E-state index contributed by atoms with van der Waals surface area (Å²) in [4.78, 5) is 11.0. The van der Waals surface area contributed by atoms with Crippen LogP contribution in [-0.2, 0) is 4.79 Å². The Morgan fingerprint density at radius 1 is 1.05 bits per heavy atom. The molecule has 19 heavy (non-hydrogen) atoms. The normalized spacial score (nSPS) is 13.7. The molecule has 1 N–H and O–H groups in total. The molecule has 2 heteroatoms. The third kappa shape index (κ3) is 10.5. The first-order valence-corrected chi connectivity index (χ1v) is 7.64. The van der Waals surface area contributed by atoms with E-state index in [1.165, 1.54) is 32.1 Å². The molecule has 0 heterocycles. The minimum atomic E-state index is -0.695. The van der Waals surface area contributed by atoms with E-state index >= 15 is 0 Å². The third-order valence-corrected chi connectivity index (χ3v) is 3.37. The molecule has 0 aliphatic carbocycles. The van der Waals surface area contributed by atoms with Crippen molar-refractivity contribution in [2.24, 2.45) is 11.8 Å². The summed E-state index contributed by atoms with van der Waals surface area (Å²) in [6, 6.07) is 0. The van der Waals surface area contributed by atoms with Crippen LogP contribution in [0.4, 0.5) is 0 Å². The van der Waals surface area contributed by atoms with Crippen LogP contribution in [0, 0.1) is 11.8 Å². The topological polar surface area (TPSA) is 37.3 Å². The van der Waals surface area contributed by atoms with Crippen molar-refractivity contribution in [3.8, 4) is 0 Å². The molecule has 0 rings (SSSR count). The highest BCUT2D eigenvalue weighted by Gasteiger charge is 2.19. The summed E-state index contributed by atoms with van der Waals surface area (Å²) in [5.41, 5.74) is 0. The molecule has 0 aromatic carbocycles. The minimum Gasteiger partial charge on any atom is -0.481 e. The van der Waals surface area contributed by atoms with E-state index in [2.05, 4.69) is 13.0 Å². The Labute approximate surface area is 118 Å². The first-order valence-electron chi connectivity index (χ1n) is 7.64. The highest BCUT2D eigenvalue weighted by molar-refractivity contribution is 5.70. The van der Waals surface area contributed by atoms with Crippen molar-refractivity contribution in [2.45, 2.75) is 65.7 Å². The highest BCUT2D eigenvalue weighted by atomic mass is 16.4. The predicted molar refractivity (Wildman–Crippen MR) is 82.2 cm³/mol. The smallest absolute Gasteiger partial charge is 0.307 e. The lowest BCUT2D eigenvalue weighted by molar-refractivity contribution is -0.143. The number of allylic oxidation sites excluding steroid dienone is 4. The number of hydrogen-bond donors (Lipinski definition) is 1. The number of carbonyl (C=O) groups is 1. The quantitative estimate of drug-likeness (QED) is 0.412. The van der Waals surface area contributed by atoms with Gasteiger partial charge in [-0.05, 0) is 25.2 Å². The fourth-order valence-electron chi connectivity index (χ4n) is 2.00. The van der Waals surface area contributed by atoms with Crippen molar-refractivity contribution in [1.82, 2.24) is 0 Å². The van der Waals surface area contributed by atoms with Crippen LogP contribution in [-0.4, -0.2) is 11.1 Å². The second-order valence-corrected chi connectivity index (χ2v) is 5.48. The van der Waals surface area contributed by atoms with Crippen LogP contribution in [0.5, 0.6) is 0 Å². The van der Waals surface area contributed by atoms with Crippen LogP contribution in [0.3, 0.4) is 0 Å². The monoisotopic (exact) mass is 266 g/mol. The summed E-state index contributed by atoms with van der Waals surface area (Å²) in [7, 11) is 0. The third-order valence-electron chi connectivity index (χ3n) is 3.37. The van der Waals surface area contributed by atoms with E-state index in [0.29, 0.717) is 6.42 Å². The van der Waals surface area contributed by atoms with Crippen LogP contribution in [0.25, 0.3) is 0 Å². The number of carboxylic acids is 1. The molecule has 0 saturated heterocycles. The molecule has 0 aromatic rings. The average molecular weight is 266 g/mol. The first kappa shape index (κ1) is 17.9. The lowest BCUT2D eigenvalue weighted by Gasteiger charge is -2.13. The number of unbranched alkanes of at least 4 members (excludes halogenated alkanes) is 5. The lowest BCUT2D eigenvalue weighted by atomic mass is 9.92. The molecule has 0 fully saturated rings. The summed E-state index contributed by atoms with van der Waals surface area (Å²) in [6.45, 7) is 6.14. The van der Waals surface area contributed by atoms with E-state index in [-0.39, 0.29) is 11.8 Å². The molecule has 0 aliphatic heterocycles. The van der Waals surface area contributed by atoms with Gasteiger partial charge in [-0.25, -0.2) is 0 Å². The molecule has 0 amide bonds. The molecular weight excluding hydrogens is 236 g/mol. The zero-order valence-electron chi connectivity index (χ0n) is 12.8. The summed E-state index contributed by atoms with van der Waals surface area (Å²) >= 11 is 0. The van der Waals surface area contributed by atoms with Gasteiger partial charge < -0.3 is 5.11 Å². The largest absolute Gasteiger partial charge is 0.481 e. The van der Waals surface area contributed by atoms with Crippen molar-refractivity contribution < 1.29 is 9.90 Å². The second-order valence-electron chi connectivity index (χ2n) is 5.48. The minimum absolute atomic E-state index is 0.185. The van der Waals surface area contributed by atoms with Gasteiger partial charge in [-0.3, -0.25) is 4.79 Å². The molecule has 0 aliphatic rings. The van der Waals surface area contributed by atoms with E-state index < -0.39 is 5.97 Å². The standard InChI is InChI=1S/C17H30O2/c1-4-5-6-7-8-9-10-11-12-13-14-16(15(2)3)17(18)19/h10-13,15-16H,4-9,14H2,1-3H3,(H,18,19)/b11-10+,13-12+. The van der Waals surface area contributed by atoms with Crippen LogP contribution >= 0.6 is 0 Å². The molecule has 2 nitrogen and oxygen atoms in total. The van der Waals surface area contributed by atoms with Gasteiger partial charge in [0.25, 0.3) is 0 Å². The average Bonchev–Trinajstić information content (AvgIpc) is 2.35. The van der Waals surface area contributed by atoms with E-state index in [4.69, 9.17) is 5.11 Å². The molecule has 0 aromatic heterocycles. The molecule has 1 atom stereocenters. The van der Waals surface area contributed by atoms with Crippen molar-refractivity contribution in [1.29, 1.82) is 0 Å². The van der Waals surface area contributed by atoms with Crippen molar-refractivity contribution in [2.75, 3.05) is 0 Å². The molecular formula is C17H30O2. The van der Waals surface area contributed by atoms with Gasteiger partial charge in [0.05, 0.1) is 5.92 Å². The molecule has 0 bridgehead atoms. The van der Waals surface area contributed by atoms with Crippen LogP contribution < -0.4 is 0 Å². The Bertz CT molecular complexity index is 277. The van der Waals surface area contributed by atoms with E-state index in [0.717, 1.165) is 6.42 Å². The fourth-order valence-corrected chi connectivity index (χ4v) is 2.00. The fraction of sp³-hybridized carbons (Fsp3) is 0.706. The van der Waals surface area contributed by atoms with Crippen LogP contribution in [0.2, 0.25) is 0 Å². The van der Waals surface area contributed by atoms with Crippen molar-refractivity contribution in [3.05, 3.63) is 24.3 Å². The molecule has 1 unspecified atom stereocenters. The molecule has 0 saturated carbocycles. The summed E-state index contributed by atoms with van der Waals surface area (Å²) in [5.74, 6) is -0.775. The Balaban J connectivity index is 3.69. The van der Waals surface area contributed by atoms with Gasteiger partial charge in [-0.2, -0.15) is 0 Å². The number of aliphatic carboxylic acids is 1. The molecule has 110 valence electrons. The van der Waals surface area contributed by atoms with Gasteiger partial charge >= 0.3 is 5.97 Å². The van der Waals surface area contributed by atoms with Gasteiger partial charge in [0, 0.05) is 0 Å². The maximum Gasteiger partial charge on any atom is 0.307 e. The summed E-state index contributed by atoms with van der Waals surface area (Å²) in [5, 5.41) is 9.04. The van der Waals surface area contributed by atoms with E-state index in [1.807, 2.05) is 32.1 Å². The Hall–Kier alpha value is -1.05. The van der Waals surface area contributed by atoms with Crippen molar-refractivity contribution >= 4 is 5.97 Å². The number of carboxylic acid groups (broad SMARTS) is 1. The SMILES string of the molecule is CCCCCCC/C=C/C=C/CC(C(=O)O)C(C)C. The van der Waals surface area contributed by atoms with Crippen LogP contribution in [0.15, 0.2) is 24.3 Å². The zero-order valence-corrected chi connectivity index (χ0v) is 12.8. The Kier molecular flexibility index (Phi) is 11.3. The number of hydrogen-bond acceptors (Lipinski definition) is 1.